The molecule has 4 rings (SSSR count). The van der Waals surface area contributed by atoms with E-state index in [0.29, 0.717) is 12.1 Å². The molecule has 1 aliphatic carbocycles. The van der Waals surface area contributed by atoms with Gasteiger partial charge in [-0.15, -0.1) is 0 Å². The lowest BCUT2D eigenvalue weighted by molar-refractivity contribution is 0.0677. The summed E-state index contributed by atoms with van der Waals surface area (Å²) in [6.07, 6.45) is 8.54. The molecule has 1 atom stereocenters. The highest BCUT2D eigenvalue weighted by molar-refractivity contribution is 5.95. The molecule has 1 aliphatic heterocycles. The van der Waals surface area contributed by atoms with Crippen LogP contribution in [-0.2, 0) is 0 Å². The van der Waals surface area contributed by atoms with Gasteiger partial charge in [-0.2, -0.15) is 0 Å². The summed E-state index contributed by atoms with van der Waals surface area (Å²) >= 11 is 0. The number of hydrogen-bond donors (Lipinski definition) is 0. The van der Waals surface area contributed by atoms with Crippen LogP contribution in [0.5, 0.6) is 0 Å². The second kappa shape index (κ2) is 5.80. The molecule has 1 saturated heterocycles. The number of likely N-dealkylation sites (tertiary alicyclic amines) is 1. The zero-order valence-electron chi connectivity index (χ0n) is 14.8. The van der Waals surface area contributed by atoms with Crippen molar-refractivity contribution in [2.75, 3.05) is 13.1 Å². The maximum atomic E-state index is 13.1. The summed E-state index contributed by atoms with van der Waals surface area (Å²) in [5, 5.41) is 0. The second-order valence-corrected chi connectivity index (χ2v) is 7.31. The molecule has 1 saturated carbocycles. The van der Waals surface area contributed by atoms with Crippen LogP contribution in [0, 0.1) is 20.8 Å². The minimum atomic E-state index is 0.192. The van der Waals surface area contributed by atoms with Gasteiger partial charge in [-0.3, -0.25) is 4.79 Å². The molecular formula is C19H26N4O. The first-order valence-corrected chi connectivity index (χ1v) is 9.03. The topological polar surface area (TPSA) is 43.1 Å². The van der Waals surface area contributed by atoms with E-state index in [1.807, 2.05) is 24.2 Å². The van der Waals surface area contributed by atoms with Gasteiger partial charge >= 0.3 is 0 Å². The number of carbonyl (C=O) groups is 1. The van der Waals surface area contributed by atoms with Crippen molar-refractivity contribution in [3.63, 3.8) is 0 Å². The van der Waals surface area contributed by atoms with Crippen LogP contribution in [-0.4, -0.2) is 38.0 Å². The predicted molar refractivity (Wildman–Crippen MR) is 93.3 cm³/mol. The average molecular weight is 326 g/mol. The molecule has 0 unspecified atom stereocenters. The van der Waals surface area contributed by atoms with Gasteiger partial charge in [0, 0.05) is 42.9 Å². The molecule has 0 aromatic carbocycles. The molecule has 24 heavy (non-hydrogen) atoms. The maximum Gasteiger partial charge on any atom is 0.255 e. The molecule has 0 bridgehead atoms. The Hall–Kier alpha value is -2.04. The number of imidazole rings is 1. The van der Waals surface area contributed by atoms with Crippen LogP contribution in [0.4, 0.5) is 0 Å². The van der Waals surface area contributed by atoms with E-state index in [9.17, 15) is 4.79 Å². The van der Waals surface area contributed by atoms with Gasteiger partial charge < -0.3 is 14.0 Å². The number of aryl methyl sites for hydroxylation is 2. The Bertz CT molecular complexity index is 768. The fourth-order valence-corrected chi connectivity index (χ4v) is 4.20. The molecule has 2 aromatic heterocycles. The van der Waals surface area contributed by atoms with Gasteiger partial charge in [-0.05, 0) is 52.5 Å². The van der Waals surface area contributed by atoms with Crippen molar-refractivity contribution in [2.45, 2.75) is 58.5 Å². The van der Waals surface area contributed by atoms with Crippen LogP contribution < -0.4 is 0 Å². The molecule has 128 valence electrons. The van der Waals surface area contributed by atoms with Gasteiger partial charge in [-0.1, -0.05) is 0 Å². The van der Waals surface area contributed by atoms with Crippen LogP contribution in [0.1, 0.15) is 65.3 Å². The van der Waals surface area contributed by atoms with Crippen LogP contribution in [0.15, 0.2) is 18.5 Å². The first-order chi connectivity index (χ1) is 11.6. The summed E-state index contributed by atoms with van der Waals surface area (Å²) in [6, 6.07) is 3.05. The van der Waals surface area contributed by atoms with E-state index in [-0.39, 0.29) is 5.91 Å². The summed E-state index contributed by atoms with van der Waals surface area (Å²) in [7, 11) is 0. The smallest absolute Gasteiger partial charge is 0.255 e. The third-order valence-electron chi connectivity index (χ3n) is 5.57. The molecule has 0 radical (unpaired) electrons. The lowest BCUT2D eigenvalue weighted by Crippen LogP contribution is -2.41. The number of piperidine rings is 1. The van der Waals surface area contributed by atoms with Crippen molar-refractivity contribution in [3.05, 3.63) is 41.2 Å². The van der Waals surface area contributed by atoms with Crippen LogP contribution >= 0.6 is 0 Å². The predicted octanol–water partition coefficient (Wildman–Crippen LogP) is 3.42. The standard InChI is InChI=1S/C19H26N4O/c1-13-11-18(14(2)23(13)16-6-7-16)19(24)21-9-4-5-17(12-21)22-10-8-20-15(22)3/h8,10-11,16-17H,4-7,9,12H2,1-3H3/t17-/m1/s1. The lowest BCUT2D eigenvalue weighted by atomic mass is 10.0. The van der Waals surface area contributed by atoms with Crippen LogP contribution in [0.25, 0.3) is 0 Å². The molecule has 2 aromatic rings. The first-order valence-electron chi connectivity index (χ1n) is 9.03. The molecule has 0 spiro atoms. The van der Waals surface area contributed by atoms with Crippen LogP contribution in [0.3, 0.4) is 0 Å². The van der Waals surface area contributed by atoms with E-state index in [4.69, 9.17) is 0 Å². The van der Waals surface area contributed by atoms with Gasteiger partial charge in [0.25, 0.3) is 5.91 Å². The van der Waals surface area contributed by atoms with Crippen molar-refractivity contribution in [1.82, 2.24) is 19.0 Å². The summed E-state index contributed by atoms with van der Waals surface area (Å²) in [6.45, 7) is 7.89. The molecule has 0 N–H and O–H groups in total. The third-order valence-corrected chi connectivity index (χ3v) is 5.57. The first kappa shape index (κ1) is 15.5. The Labute approximate surface area is 143 Å². The van der Waals surface area contributed by atoms with Gasteiger partial charge in [0.2, 0.25) is 0 Å². The zero-order valence-corrected chi connectivity index (χ0v) is 14.8. The van der Waals surface area contributed by atoms with Gasteiger partial charge in [0.05, 0.1) is 11.6 Å². The Morgan fingerprint density at radius 2 is 1.96 bits per heavy atom. The quantitative estimate of drug-likeness (QED) is 0.867. The number of nitrogens with zero attached hydrogens (tertiary/aromatic N) is 4. The van der Waals surface area contributed by atoms with Crippen molar-refractivity contribution in [2.24, 2.45) is 0 Å². The molecule has 1 amide bonds. The van der Waals surface area contributed by atoms with E-state index in [1.165, 1.54) is 18.5 Å². The largest absolute Gasteiger partial charge is 0.345 e. The SMILES string of the molecule is Cc1nccn1[C@@H]1CCCN(C(=O)c2cc(C)n(C3CC3)c2C)C1. The van der Waals surface area contributed by atoms with E-state index in [2.05, 4.69) is 34.0 Å². The summed E-state index contributed by atoms with van der Waals surface area (Å²) < 4.78 is 4.57. The highest BCUT2D eigenvalue weighted by atomic mass is 16.2. The van der Waals surface area contributed by atoms with E-state index < -0.39 is 0 Å². The third kappa shape index (κ3) is 2.56. The Morgan fingerprint density at radius 3 is 2.62 bits per heavy atom. The molecule has 5 nitrogen and oxygen atoms in total. The summed E-state index contributed by atoms with van der Waals surface area (Å²) in [5.41, 5.74) is 3.25. The number of rotatable bonds is 3. The zero-order chi connectivity index (χ0) is 16.8. The minimum absolute atomic E-state index is 0.192. The summed E-state index contributed by atoms with van der Waals surface area (Å²) in [4.78, 5) is 19.5. The van der Waals surface area contributed by atoms with Crippen molar-refractivity contribution >= 4 is 5.91 Å². The molecule has 2 fully saturated rings. The molecule has 2 aliphatic rings. The van der Waals surface area contributed by atoms with Crippen LogP contribution in [0.2, 0.25) is 0 Å². The lowest BCUT2D eigenvalue weighted by Gasteiger charge is -2.34. The fourth-order valence-electron chi connectivity index (χ4n) is 4.20. The van der Waals surface area contributed by atoms with Gasteiger partial charge in [-0.25, -0.2) is 4.98 Å². The fraction of sp³-hybridized carbons (Fsp3) is 0.579. The minimum Gasteiger partial charge on any atom is -0.345 e. The average Bonchev–Trinajstić information content (AvgIpc) is 3.24. The molecule has 3 heterocycles. The number of amides is 1. The maximum absolute atomic E-state index is 13.1. The van der Waals surface area contributed by atoms with E-state index in [1.54, 1.807) is 0 Å². The van der Waals surface area contributed by atoms with Crippen molar-refractivity contribution in [3.8, 4) is 0 Å². The van der Waals surface area contributed by atoms with E-state index >= 15 is 0 Å². The number of hydrogen-bond acceptors (Lipinski definition) is 2. The molecular weight excluding hydrogens is 300 g/mol. The number of aromatic nitrogens is 3. The Kier molecular flexibility index (Phi) is 3.74. The van der Waals surface area contributed by atoms with Gasteiger partial charge in [0.1, 0.15) is 5.82 Å². The van der Waals surface area contributed by atoms with Crippen molar-refractivity contribution < 1.29 is 4.79 Å². The normalized spacial score (nSPS) is 21.3. The highest BCUT2D eigenvalue weighted by Gasteiger charge is 2.31. The summed E-state index contributed by atoms with van der Waals surface area (Å²) in [5.74, 6) is 1.22. The Morgan fingerprint density at radius 1 is 1.17 bits per heavy atom. The van der Waals surface area contributed by atoms with E-state index in [0.717, 1.165) is 43.0 Å². The monoisotopic (exact) mass is 326 g/mol. The van der Waals surface area contributed by atoms with Crippen molar-refractivity contribution in [1.29, 1.82) is 0 Å². The van der Waals surface area contributed by atoms with Gasteiger partial charge in [0.15, 0.2) is 0 Å². The number of carbonyl (C=O) groups excluding carboxylic acids is 1. The second-order valence-electron chi connectivity index (χ2n) is 7.31. The Balaban J connectivity index is 1.56. The molecule has 5 heteroatoms. The highest BCUT2D eigenvalue weighted by Crippen LogP contribution is 2.38.